The first-order chi connectivity index (χ1) is 14.8. The SMILES string of the molecule is O=c1cc(-c2ccc(Cl)cc2)nc(SCc2nc(-c3cccc(C(F)(F)F)c3)no2)[nH]1. The van der Waals surface area contributed by atoms with Crippen LogP contribution in [0.1, 0.15) is 11.5 Å². The number of benzene rings is 2. The number of alkyl halides is 3. The highest BCUT2D eigenvalue weighted by Gasteiger charge is 2.30. The minimum absolute atomic E-state index is 0.0399. The fourth-order valence-corrected chi connectivity index (χ4v) is 3.51. The fourth-order valence-electron chi connectivity index (χ4n) is 2.67. The Labute approximate surface area is 182 Å². The van der Waals surface area contributed by atoms with E-state index >= 15 is 0 Å². The zero-order chi connectivity index (χ0) is 22.0. The molecule has 11 heteroatoms. The number of aromatic nitrogens is 4. The third-order valence-corrected chi connectivity index (χ3v) is 5.22. The van der Waals surface area contributed by atoms with Gasteiger partial charge in [-0.3, -0.25) is 4.79 Å². The summed E-state index contributed by atoms with van der Waals surface area (Å²) < 4.78 is 43.8. The fraction of sp³-hybridized carbons (Fsp3) is 0.100. The summed E-state index contributed by atoms with van der Waals surface area (Å²) >= 11 is 7.03. The number of aromatic amines is 1. The second-order valence-electron chi connectivity index (χ2n) is 6.32. The van der Waals surface area contributed by atoms with E-state index in [1.54, 1.807) is 24.3 Å². The summed E-state index contributed by atoms with van der Waals surface area (Å²) in [5, 5.41) is 4.64. The zero-order valence-corrected chi connectivity index (χ0v) is 17.1. The van der Waals surface area contributed by atoms with Crippen molar-refractivity contribution in [3.63, 3.8) is 0 Å². The lowest BCUT2D eigenvalue weighted by molar-refractivity contribution is -0.137. The van der Waals surface area contributed by atoms with Crippen molar-refractivity contribution in [3.05, 3.63) is 81.4 Å². The van der Waals surface area contributed by atoms with E-state index in [-0.39, 0.29) is 28.6 Å². The van der Waals surface area contributed by atoms with Gasteiger partial charge in [-0.1, -0.05) is 52.8 Å². The smallest absolute Gasteiger partial charge is 0.338 e. The van der Waals surface area contributed by atoms with Crippen LogP contribution in [0, 0.1) is 0 Å². The van der Waals surface area contributed by atoms with E-state index in [2.05, 4.69) is 20.1 Å². The number of hydrogen-bond donors (Lipinski definition) is 1. The van der Waals surface area contributed by atoms with Gasteiger partial charge < -0.3 is 9.51 Å². The molecule has 0 aliphatic heterocycles. The quantitative estimate of drug-likeness (QED) is 0.312. The summed E-state index contributed by atoms with van der Waals surface area (Å²) in [6.07, 6.45) is -4.47. The molecule has 2 heterocycles. The Balaban J connectivity index is 1.50. The van der Waals surface area contributed by atoms with E-state index < -0.39 is 11.7 Å². The maximum Gasteiger partial charge on any atom is 0.416 e. The van der Waals surface area contributed by atoms with Crippen LogP contribution in [0.5, 0.6) is 0 Å². The van der Waals surface area contributed by atoms with Gasteiger partial charge in [-0.2, -0.15) is 18.2 Å². The van der Waals surface area contributed by atoms with Crippen molar-refractivity contribution in [2.75, 3.05) is 0 Å². The first-order valence-electron chi connectivity index (χ1n) is 8.78. The highest BCUT2D eigenvalue weighted by molar-refractivity contribution is 7.98. The van der Waals surface area contributed by atoms with Gasteiger partial charge >= 0.3 is 6.18 Å². The van der Waals surface area contributed by atoms with Crippen molar-refractivity contribution in [1.29, 1.82) is 0 Å². The molecule has 0 radical (unpaired) electrons. The van der Waals surface area contributed by atoms with Crippen LogP contribution in [0.25, 0.3) is 22.6 Å². The summed E-state index contributed by atoms with van der Waals surface area (Å²) in [6, 6.07) is 12.9. The molecule has 0 amide bonds. The van der Waals surface area contributed by atoms with Gasteiger partial charge in [0.2, 0.25) is 11.7 Å². The van der Waals surface area contributed by atoms with Gasteiger partial charge in [0, 0.05) is 22.2 Å². The molecule has 1 N–H and O–H groups in total. The normalized spacial score (nSPS) is 11.6. The van der Waals surface area contributed by atoms with Crippen molar-refractivity contribution in [3.8, 4) is 22.6 Å². The first-order valence-corrected chi connectivity index (χ1v) is 10.1. The standard InChI is InChI=1S/C20H12ClF3N4O2S/c21-14-6-4-11(5-7-14)15-9-16(29)26-19(25-15)31-10-17-27-18(28-30-17)12-2-1-3-13(8-12)20(22,23)24/h1-9H,10H2,(H,25,26,29). The number of nitrogens with one attached hydrogen (secondary N) is 1. The molecule has 0 bridgehead atoms. The Bertz CT molecular complexity index is 1270. The van der Waals surface area contributed by atoms with E-state index in [0.29, 0.717) is 15.9 Å². The lowest BCUT2D eigenvalue weighted by Gasteiger charge is -2.06. The van der Waals surface area contributed by atoms with Crippen LogP contribution in [0.2, 0.25) is 5.02 Å². The van der Waals surface area contributed by atoms with Gasteiger partial charge in [0.1, 0.15) is 0 Å². The lowest BCUT2D eigenvalue weighted by atomic mass is 10.1. The van der Waals surface area contributed by atoms with Crippen LogP contribution in [0.4, 0.5) is 13.2 Å². The topological polar surface area (TPSA) is 84.7 Å². The van der Waals surface area contributed by atoms with Crippen LogP contribution < -0.4 is 5.56 Å². The largest absolute Gasteiger partial charge is 0.416 e. The molecule has 0 spiro atoms. The molecule has 0 aliphatic carbocycles. The van der Waals surface area contributed by atoms with Crippen molar-refractivity contribution in [2.24, 2.45) is 0 Å². The molecular weight excluding hydrogens is 453 g/mol. The molecule has 0 fully saturated rings. The summed E-state index contributed by atoms with van der Waals surface area (Å²) in [7, 11) is 0. The molecular formula is C20H12ClF3N4O2S. The summed E-state index contributed by atoms with van der Waals surface area (Å²) in [4.78, 5) is 23.1. The molecule has 2 aromatic carbocycles. The maximum atomic E-state index is 12.9. The van der Waals surface area contributed by atoms with E-state index in [9.17, 15) is 18.0 Å². The Kier molecular flexibility index (Phi) is 5.84. The molecule has 0 atom stereocenters. The Morgan fingerprint density at radius 2 is 1.81 bits per heavy atom. The monoisotopic (exact) mass is 464 g/mol. The molecule has 2 aromatic heterocycles. The summed E-state index contributed by atoms with van der Waals surface area (Å²) in [5.74, 6) is 0.383. The highest BCUT2D eigenvalue weighted by atomic mass is 35.5. The molecule has 6 nitrogen and oxygen atoms in total. The van der Waals surface area contributed by atoms with Crippen molar-refractivity contribution < 1.29 is 17.7 Å². The highest BCUT2D eigenvalue weighted by Crippen LogP contribution is 2.31. The van der Waals surface area contributed by atoms with Gasteiger partial charge in [0.05, 0.1) is 17.0 Å². The predicted molar refractivity (Wildman–Crippen MR) is 110 cm³/mol. The van der Waals surface area contributed by atoms with Crippen LogP contribution in [0.3, 0.4) is 0 Å². The minimum atomic E-state index is -4.47. The second-order valence-corrected chi connectivity index (χ2v) is 7.72. The van der Waals surface area contributed by atoms with Gasteiger partial charge in [0.15, 0.2) is 5.16 Å². The van der Waals surface area contributed by atoms with Crippen LogP contribution in [-0.4, -0.2) is 20.1 Å². The van der Waals surface area contributed by atoms with E-state index in [4.69, 9.17) is 16.1 Å². The number of rotatable bonds is 5. The van der Waals surface area contributed by atoms with Gasteiger partial charge in [-0.25, -0.2) is 4.98 Å². The molecule has 31 heavy (non-hydrogen) atoms. The Morgan fingerprint density at radius 1 is 1.03 bits per heavy atom. The third kappa shape index (κ3) is 5.15. The van der Waals surface area contributed by atoms with Crippen LogP contribution >= 0.6 is 23.4 Å². The van der Waals surface area contributed by atoms with E-state index in [1.807, 2.05) is 0 Å². The number of H-pyrrole nitrogens is 1. The molecule has 4 rings (SSSR count). The maximum absolute atomic E-state index is 12.9. The van der Waals surface area contributed by atoms with E-state index in [0.717, 1.165) is 29.5 Å². The molecule has 0 saturated heterocycles. The average Bonchev–Trinajstić information content (AvgIpc) is 3.21. The Hall–Kier alpha value is -3.11. The molecule has 0 aliphatic rings. The molecule has 158 valence electrons. The van der Waals surface area contributed by atoms with Crippen molar-refractivity contribution in [2.45, 2.75) is 17.1 Å². The van der Waals surface area contributed by atoms with Crippen molar-refractivity contribution in [1.82, 2.24) is 20.1 Å². The minimum Gasteiger partial charge on any atom is -0.338 e. The average molecular weight is 465 g/mol. The Morgan fingerprint density at radius 3 is 2.55 bits per heavy atom. The van der Waals surface area contributed by atoms with Gasteiger partial charge in [0.25, 0.3) is 5.56 Å². The molecule has 0 unspecified atom stereocenters. The third-order valence-electron chi connectivity index (χ3n) is 4.11. The van der Waals surface area contributed by atoms with Gasteiger partial charge in [-0.05, 0) is 24.3 Å². The number of thioether (sulfide) groups is 1. The zero-order valence-electron chi connectivity index (χ0n) is 15.5. The molecule has 0 saturated carbocycles. The van der Waals surface area contributed by atoms with Crippen LogP contribution in [-0.2, 0) is 11.9 Å². The van der Waals surface area contributed by atoms with Gasteiger partial charge in [-0.15, -0.1) is 0 Å². The number of hydrogen-bond acceptors (Lipinski definition) is 6. The van der Waals surface area contributed by atoms with Crippen molar-refractivity contribution >= 4 is 23.4 Å². The lowest BCUT2D eigenvalue weighted by Crippen LogP contribution is -2.08. The summed E-state index contributed by atoms with van der Waals surface area (Å²) in [6.45, 7) is 0. The first kappa shape index (κ1) is 21.1. The number of halogens is 4. The molecule has 4 aromatic rings. The van der Waals surface area contributed by atoms with Crippen LogP contribution in [0.15, 0.2) is 69.1 Å². The second kappa shape index (κ2) is 8.56. The summed E-state index contributed by atoms with van der Waals surface area (Å²) in [5.41, 5.74) is 0.246. The predicted octanol–water partition coefficient (Wildman–Crippen LogP) is 5.45. The van der Waals surface area contributed by atoms with E-state index in [1.165, 1.54) is 18.2 Å². The number of nitrogens with zero attached hydrogens (tertiary/aromatic N) is 3.